The van der Waals surface area contributed by atoms with Gasteiger partial charge in [-0.05, 0) is 131 Å². The maximum absolute atomic E-state index is 12.7. The fraction of sp³-hybridized carbons (Fsp3) is 0.333. The van der Waals surface area contributed by atoms with E-state index in [4.69, 9.17) is 15.7 Å². The molecule has 6 rings (SSSR count). The molecule has 2 heterocycles. The largest absolute Gasteiger partial charge is 1.00 e. The molecule has 1 N–H and O–H groups in total. The van der Waals surface area contributed by atoms with Crippen molar-refractivity contribution in [3.05, 3.63) is 163 Å². The first kappa shape index (κ1) is 61.2. The second kappa shape index (κ2) is 27.6. The normalized spacial score (nSPS) is 12.1. The summed E-state index contributed by atoms with van der Waals surface area (Å²) in [5.74, 6) is -0.629. The van der Waals surface area contributed by atoms with Crippen LogP contribution in [0.5, 0.6) is 17.2 Å². The number of carbonyl (C=O) groups excluding carboxylic acids is 1. The van der Waals surface area contributed by atoms with Crippen LogP contribution in [0.15, 0.2) is 118 Å². The van der Waals surface area contributed by atoms with Gasteiger partial charge in [-0.2, -0.15) is 10.2 Å². The zero-order valence-corrected chi connectivity index (χ0v) is 44.6. The number of aliphatic hydroxyl groups is 1. The molecule has 2 unspecified atom stereocenters. The molecule has 0 radical (unpaired) electrons. The minimum atomic E-state index is -4.82. The summed E-state index contributed by atoms with van der Waals surface area (Å²) < 4.78 is 96.2. The van der Waals surface area contributed by atoms with Crippen molar-refractivity contribution in [2.45, 2.75) is 98.3 Å². The maximum atomic E-state index is 12.7. The zero-order valence-electron chi connectivity index (χ0n) is 40.4. The Hall–Kier alpha value is -4.91. The maximum Gasteiger partial charge on any atom is 1.00 e. The molecule has 0 aliphatic rings. The average Bonchev–Trinajstić information content (AvgIpc) is 3.89. The number of aliphatic hydroxyl groups excluding tert-OH is 1. The van der Waals surface area contributed by atoms with Crippen LogP contribution >= 0.6 is 31.9 Å². The summed E-state index contributed by atoms with van der Waals surface area (Å²) in [6.07, 6.45) is -8.24. The van der Waals surface area contributed by atoms with E-state index in [0.717, 1.165) is 39.4 Å². The Labute approximate surface area is 434 Å². The zero-order chi connectivity index (χ0) is 51.9. The van der Waals surface area contributed by atoms with Crippen molar-refractivity contribution < 1.29 is 73.7 Å². The third kappa shape index (κ3) is 21.6. The Kier molecular flexibility index (Phi) is 24.2. The second-order valence-electron chi connectivity index (χ2n) is 16.3. The topological polar surface area (TPSA) is 128 Å². The van der Waals surface area contributed by atoms with Gasteiger partial charge >= 0.3 is 37.8 Å². The quantitative estimate of drug-likeness (QED) is 0.0524. The van der Waals surface area contributed by atoms with E-state index in [1.807, 2.05) is 57.0 Å². The smallest absolute Gasteiger partial charge is 0.658 e. The van der Waals surface area contributed by atoms with Crippen LogP contribution in [0.4, 0.5) is 26.3 Å². The SMILES string of the molecule is CC(C)[N-]C(C)C.COc1cc(Br)ccc1-n1ccc(C)n1.Cc1ccn(-c2ccc(Br)cc2C(O)C(=O)c2ccc(OC(F)(F)F)cc2)n1.[C-]#[N+]C(O[Si](C)(C)C)c1ccc(OC(F)(F)F)cc1.[Li+]. The van der Waals surface area contributed by atoms with Gasteiger partial charge in [-0.25, -0.2) is 15.9 Å². The molecule has 0 saturated heterocycles. The van der Waals surface area contributed by atoms with E-state index >= 15 is 0 Å². The number of methoxy groups -OCH3 is 1. The summed E-state index contributed by atoms with van der Waals surface area (Å²) in [4.78, 5) is 16.0. The molecule has 22 heteroatoms. The molecule has 0 aliphatic heterocycles. The number of carbonyl (C=O) groups is 1. The minimum Gasteiger partial charge on any atom is -0.658 e. The third-order valence-corrected chi connectivity index (χ3v) is 10.5. The molecule has 2 aromatic heterocycles. The molecule has 0 fully saturated rings. The minimum absolute atomic E-state index is 0. The van der Waals surface area contributed by atoms with Crippen LogP contribution in [0.2, 0.25) is 19.6 Å². The van der Waals surface area contributed by atoms with E-state index in [1.54, 1.807) is 49.2 Å². The predicted octanol–water partition coefficient (Wildman–Crippen LogP) is 11.2. The van der Waals surface area contributed by atoms with Crippen LogP contribution < -0.4 is 33.1 Å². The fourth-order valence-corrected chi connectivity index (χ4v) is 7.52. The van der Waals surface area contributed by atoms with Crippen LogP contribution in [-0.2, 0) is 4.43 Å². The molecule has 0 amide bonds. The van der Waals surface area contributed by atoms with Crippen molar-refractivity contribution in [1.29, 1.82) is 0 Å². The number of halogens is 8. The summed E-state index contributed by atoms with van der Waals surface area (Å²) in [7, 11) is -0.246. The van der Waals surface area contributed by atoms with Gasteiger partial charge in [0.05, 0.1) is 29.7 Å². The summed E-state index contributed by atoms with van der Waals surface area (Å²) >= 11 is 6.72. The number of alkyl halides is 6. The number of hydrogen-bond acceptors (Lipinski definition) is 8. The number of aromatic nitrogens is 4. The Balaban J connectivity index is 0.000000349. The molecule has 0 bridgehead atoms. The molecule has 0 saturated carbocycles. The monoisotopic (exact) mass is 1120 g/mol. The molecule has 6 aromatic rings. The molecule has 0 aliphatic carbocycles. The van der Waals surface area contributed by atoms with Gasteiger partial charge in [-0.15, -0.1) is 38.4 Å². The number of ketones is 1. The molecule has 2 atom stereocenters. The van der Waals surface area contributed by atoms with Crippen molar-refractivity contribution in [2.24, 2.45) is 0 Å². The van der Waals surface area contributed by atoms with Crippen LogP contribution in [0.1, 0.15) is 72.9 Å². The molecular weight excluding hydrogens is 1070 g/mol. The second-order valence-corrected chi connectivity index (χ2v) is 22.6. The van der Waals surface area contributed by atoms with E-state index < -0.39 is 44.9 Å². The van der Waals surface area contributed by atoms with Gasteiger partial charge in [0, 0.05) is 32.5 Å². The van der Waals surface area contributed by atoms with Crippen molar-refractivity contribution in [2.75, 3.05) is 7.11 Å². The number of benzene rings is 4. The Morgan fingerprint density at radius 3 is 1.56 bits per heavy atom. The van der Waals surface area contributed by atoms with Gasteiger partial charge in [0.1, 0.15) is 29.0 Å². The van der Waals surface area contributed by atoms with Crippen LogP contribution in [0, 0.1) is 20.4 Å². The first-order valence-electron chi connectivity index (χ1n) is 20.9. The van der Waals surface area contributed by atoms with Gasteiger partial charge in [-0.3, -0.25) is 9.64 Å². The predicted molar refractivity (Wildman–Crippen MR) is 261 cm³/mol. The van der Waals surface area contributed by atoms with Gasteiger partial charge in [0.25, 0.3) is 0 Å². The van der Waals surface area contributed by atoms with Gasteiger partial charge in [-0.1, -0.05) is 59.6 Å². The first-order valence-corrected chi connectivity index (χ1v) is 25.9. The van der Waals surface area contributed by atoms with Crippen molar-refractivity contribution in [1.82, 2.24) is 19.6 Å². The van der Waals surface area contributed by atoms with E-state index in [1.165, 1.54) is 41.1 Å². The number of ether oxygens (including phenoxy) is 3. The Morgan fingerprint density at radius 2 is 1.17 bits per heavy atom. The van der Waals surface area contributed by atoms with Gasteiger partial charge < -0.3 is 29.1 Å². The number of Topliss-reactive ketones (excluding diaryl/α,β-unsaturated/α-hetero) is 1. The summed E-state index contributed by atoms with van der Waals surface area (Å²) in [5, 5.41) is 23.6. The summed E-state index contributed by atoms with van der Waals surface area (Å²) in [6, 6.07) is 25.2. The van der Waals surface area contributed by atoms with Crippen molar-refractivity contribution >= 4 is 46.0 Å². The summed E-state index contributed by atoms with van der Waals surface area (Å²) in [6.45, 7) is 25.1. The number of rotatable bonds is 13. The van der Waals surface area contributed by atoms with Gasteiger partial charge in [0.15, 0.2) is 14.1 Å². The molecule has 372 valence electrons. The van der Waals surface area contributed by atoms with Crippen LogP contribution in [0.3, 0.4) is 0 Å². The average molecular weight is 1120 g/mol. The number of nitrogens with zero attached hydrogens (tertiary/aromatic N) is 6. The third-order valence-electron chi connectivity index (χ3n) is 8.56. The van der Waals surface area contributed by atoms with E-state index in [0.29, 0.717) is 33.4 Å². The van der Waals surface area contributed by atoms with Crippen LogP contribution in [0.25, 0.3) is 21.5 Å². The number of aryl methyl sites for hydroxylation is 2. The molecule has 4 aromatic carbocycles. The van der Waals surface area contributed by atoms with Gasteiger partial charge in [0.2, 0.25) is 0 Å². The van der Waals surface area contributed by atoms with Crippen molar-refractivity contribution in [3.8, 4) is 28.6 Å². The molecule has 0 spiro atoms. The molecular formula is C48H53Br2F6LiN6O6Si. The van der Waals surface area contributed by atoms with Crippen LogP contribution in [-0.4, -0.2) is 70.7 Å². The standard InChI is InChI=1S/C19H14BrF3N2O3.C12H14F3NO2Si.C11H11BrN2O.C6H14N.Li/c1-11-8-9-25(24-11)16-7-4-13(20)10-15(16)18(27)17(26)12-2-5-14(6-3-12)28-19(21,22)23;1-16-11(18-19(2,3)4)9-5-7-10(8-6-9)17-12(13,14)15;1-8-5-6-14(13-8)10-4-3-9(12)7-11(10)15-2;1-5(2)7-6(3)4;/h2-10,18,27H,1H3;5-8,11H,2-4H3;3-7H,1-2H3;5-6H,1-4H3;/q;;;-1;+1. The van der Waals surface area contributed by atoms with E-state index in [9.17, 15) is 36.2 Å². The van der Waals surface area contributed by atoms with E-state index in [-0.39, 0.29) is 30.2 Å². The number of hydrogen-bond donors (Lipinski definition) is 1. The molecule has 70 heavy (non-hydrogen) atoms. The van der Waals surface area contributed by atoms with E-state index in [2.05, 4.69) is 89.4 Å². The first-order chi connectivity index (χ1) is 32.1. The van der Waals surface area contributed by atoms with Crippen molar-refractivity contribution in [3.63, 3.8) is 0 Å². The Morgan fingerprint density at radius 1 is 0.729 bits per heavy atom. The molecule has 12 nitrogen and oxygen atoms in total. The fourth-order valence-electron chi connectivity index (χ4n) is 5.95. The Bertz CT molecular complexity index is 2600. The summed E-state index contributed by atoms with van der Waals surface area (Å²) in [5.41, 5.74) is 4.06.